The highest BCUT2D eigenvalue weighted by Gasteiger charge is 2.32. The molecular weight excluding hydrogens is 560 g/mol. The molecule has 38 heavy (non-hydrogen) atoms. The van der Waals surface area contributed by atoms with Gasteiger partial charge >= 0.3 is 0 Å². The van der Waals surface area contributed by atoms with Crippen LogP contribution in [-0.4, -0.2) is 33.2 Å². The van der Waals surface area contributed by atoms with Crippen molar-refractivity contribution in [1.29, 1.82) is 0 Å². The van der Waals surface area contributed by atoms with Crippen LogP contribution in [0.25, 0.3) is 5.69 Å². The van der Waals surface area contributed by atoms with Gasteiger partial charge in [-0.05, 0) is 67.4 Å². The van der Waals surface area contributed by atoms with E-state index in [0.29, 0.717) is 17.9 Å². The molecule has 0 unspecified atom stereocenters. The van der Waals surface area contributed by atoms with Gasteiger partial charge in [0.2, 0.25) is 5.91 Å². The number of benzene rings is 3. The van der Waals surface area contributed by atoms with Crippen molar-refractivity contribution in [3.05, 3.63) is 123 Å². The zero-order chi connectivity index (χ0) is 26.6. The highest BCUT2D eigenvalue weighted by atomic mass is 79.9. The van der Waals surface area contributed by atoms with Gasteiger partial charge in [0.1, 0.15) is 5.37 Å². The van der Waals surface area contributed by atoms with Crippen LogP contribution in [0.15, 0.2) is 94.5 Å². The van der Waals surface area contributed by atoms with Crippen LogP contribution in [0.2, 0.25) is 0 Å². The van der Waals surface area contributed by atoms with Gasteiger partial charge in [0.25, 0.3) is 5.91 Å². The summed E-state index contributed by atoms with van der Waals surface area (Å²) in [5, 5.41) is 4.14. The Hall–Kier alpha value is -3.62. The van der Waals surface area contributed by atoms with E-state index >= 15 is 0 Å². The zero-order valence-corrected chi connectivity index (χ0v) is 23.5. The normalized spacial score (nSPS) is 15.4. The molecule has 1 aliphatic heterocycles. The molecule has 1 fully saturated rings. The third-order valence-corrected chi connectivity index (χ3v) is 8.33. The number of hydrazone groups is 1. The van der Waals surface area contributed by atoms with Crippen LogP contribution < -0.4 is 5.43 Å². The van der Waals surface area contributed by atoms with Gasteiger partial charge in [-0.3, -0.25) is 9.59 Å². The number of aryl methyl sites for hydroxylation is 1. The van der Waals surface area contributed by atoms with Crippen molar-refractivity contribution in [2.24, 2.45) is 5.10 Å². The largest absolute Gasteiger partial charge is 0.322 e. The molecule has 4 aromatic rings. The predicted octanol–water partition coefficient (Wildman–Crippen LogP) is 6.39. The van der Waals surface area contributed by atoms with Crippen LogP contribution in [0.1, 0.15) is 43.8 Å². The van der Waals surface area contributed by atoms with E-state index in [2.05, 4.69) is 43.2 Å². The van der Waals surface area contributed by atoms with E-state index in [1.54, 1.807) is 30.1 Å². The summed E-state index contributed by atoms with van der Waals surface area (Å²) < 4.78 is 3.18. The molecule has 1 saturated heterocycles. The van der Waals surface area contributed by atoms with Gasteiger partial charge in [-0.2, -0.15) is 5.10 Å². The summed E-state index contributed by atoms with van der Waals surface area (Å²) in [6.45, 7) is 4.64. The smallest absolute Gasteiger partial charge is 0.271 e. The van der Waals surface area contributed by atoms with Crippen molar-refractivity contribution in [3.8, 4) is 5.69 Å². The van der Waals surface area contributed by atoms with E-state index in [1.165, 1.54) is 0 Å². The van der Waals surface area contributed by atoms with Crippen LogP contribution in [0.4, 0.5) is 0 Å². The first-order valence-corrected chi connectivity index (χ1v) is 14.1. The van der Waals surface area contributed by atoms with Crippen molar-refractivity contribution in [2.45, 2.75) is 25.8 Å². The Kier molecular flexibility index (Phi) is 7.81. The second-order valence-corrected chi connectivity index (χ2v) is 11.1. The number of amides is 2. The Morgan fingerprint density at radius 1 is 1.05 bits per heavy atom. The molecule has 1 aliphatic rings. The number of hydrogen-bond donors (Lipinski definition) is 1. The van der Waals surface area contributed by atoms with E-state index in [9.17, 15) is 9.59 Å². The molecule has 0 spiro atoms. The minimum absolute atomic E-state index is 0.0705. The molecule has 1 N–H and O–H groups in total. The second-order valence-electron chi connectivity index (χ2n) is 9.13. The SMILES string of the molecule is Cc1cc(/C=N\NC(=O)c2ccc([C@H]3SCC(=O)N3Cc3ccccc3)cc2)c(C)n1-c1ccc(Br)cc1. The van der Waals surface area contributed by atoms with Gasteiger partial charge in [0.15, 0.2) is 0 Å². The first-order chi connectivity index (χ1) is 18.4. The van der Waals surface area contributed by atoms with Crippen molar-refractivity contribution in [2.75, 3.05) is 5.75 Å². The minimum Gasteiger partial charge on any atom is -0.322 e. The minimum atomic E-state index is -0.286. The fraction of sp³-hybridized carbons (Fsp3) is 0.167. The molecule has 192 valence electrons. The summed E-state index contributed by atoms with van der Waals surface area (Å²) in [6.07, 6.45) is 1.67. The monoisotopic (exact) mass is 586 g/mol. The quantitative estimate of drug-likeness (QED) is 0.201. The average Bonchev–Trinajstić information content (AvgIpc) is 3.43. The molecular formula is C30H27BrN4O2S. The standard InChI is InChI=1S/C30H27BrN4O2S/c1-20-16-25(21(2)35(20)27-14-12-26(31)13-15-27)17-32-33-29(37)23-8-10-24(11-9-23)30-34(28(36)19-38-30)18-22-6-4-3-5-7-22/h3-17,30H,18-19H2,1-2H3,(H,33,37)/b32-17-/t30-/m1/s1. The van der Waals surface area contributed by atoms with Gasteiger partial charge in [-0.1, -0.05) is 58.4 Å². The third-order valence-electron chi connectivity index (χ3n) is 6.55. The molecule has 3 aromatic carbocycles. The molecule has 1 aromatic heterocycles. The van der Waals surface area contributed by atoms with E-state index in [0.717, 1.165) is 38.2 Å². The maximum atomic E-state index is 12.7. The summed E-state index contributed by atoms with van der Waals surface area (Å²) in [5.74, 6) is 0.294. The first-order valence-electron chi connectivity index (χ1n) is 12.2. The Labute approximate surface area is 234 Å². The average molecular weight is 588 g/mol. The number of aromatic nitrogens is 1. The van der Waals surface area contributed by atoms with Crippen LogP contribution in [0.3, 0.4) is 0 Å². The van der Waals surface area contributed by atoms with Crippen molar-refractivity contribution in [3.63, 3.8) is 0 Å². The highest BCUT2D eigenvalue weighted by molar-refractivity contribution is 9.10. The summed E-state index contributed by atoms with van der Waals surface area (Å²) >= 11 is 5.09. The lowest BCUT2D eigenvalue weighted by atomic mass is 10.1. The molecule has 0 aliphatic carbocycles. The second kappa shape index (κ2) is 11.4. The number of nitrogens with one attached hydrogen (secondary N) is 1. The van der Waals surface area contributed by atoms with Crippen molar-refractivity contribution in [1.82, 2.24) is 14.9 Å². The Morgan fingerprint density at radius 2 is 1.76 bits per heavy atom. The van der Waals surface area contributed by atoms with Gasteiger partial charge < -0.3 is 9.47 Å². The maximum Gasteiger partial charge on any atom is 0.271 e. The molecule has 2 amide bonds. The lowest BCUT2D eigenvalue weighted by molar-refractivity contribution is -0.128. The fourth-order valence-corrected chi connectivity index (χ4v) is 6.06. The van der Waals surface area contributed by atoms with Gasteiger partial charge in [0, 0.05) is 39.2 Å². The molecule has 0 radical (unpaired) electrons. The molecule has 0 bridgehead atoms. The number of thioether (sulfide) groups is 1. The van der Waals surface area contributed by atoms with Gasteiger partial charge in [-0.25, -0.2) is 5.43 Å². The summed E-state index contributed by atoms with van der Waals surface area (Å²) in [7, 11) is 0. The predicted molar refractivity (Wildman–Crippen MR) is 157 cm³/mol. The van der Waals surface area contributed by atoms with Crippen molar-refractivity contribution >= 4 is 45.7 Å². The lowest BCUT2D eigenvalue weighted by Gasteiger charge is -2.24. The van der Waals surface area contributed by atoms with Crippen LogP contribution >= 0.6 is 27.7 Å². The van der Waals surface area contributed by atoms with Crippen molar-refractivity contribution < 1.29 is 9.59 Å². The fourth-order valence-electron chi connectivity index (χ4n) is 4.61. The first kappa shape index (κ1) is 26.0. The summed E-state index contributed by atoms with van der Waals surface area (Å²) in [4.78, 5) is 27.2. The molecule has 8 heteroatoms. The molecule has 6 nitrogen and oxygen atoms in total. The summed E-state index contributed by atoms with van der Waals surface area (Å²) in [6, 6.07) is 27.6. The zero-order valence-electron chi connectivity index (χ0n) is 21.1. The number of halogens is 1. The molecule has 1 atom stereocenters. The number of carbonyl (C=O) groups excluding carboxylic acids is 2. The molecule has 0 saturated carbocycles. The Balaban J connectivity index is 1.24. The van der Waals surface area contributed by atoms with Crippen LogP contribution in [0.5, 0.6) is 0 Å². The summed E-state index contributed by atoms with van der Waals surface area (Å²) in [5.41, 5.74) is 9.36. The maximum absolute atomic E-state index is 12.7. The van der Waals surface area contributed by atoms with Gasteiger partial charge in [-0.15, -0.1) is 11.8 Å². The topological polar surface area (TPSA) is 66.7 Å². The van der Waals surface area contributed by atoms with Crippen LogP contribution in [0, 0.1) is 13.8 Å². The number of nitrogens with zero attached hydrogens (tertiary/aromatic N) is 3. The highest BCUT2D eigenvalue weighted by Crippen LogP contribution is 2.39. The third kappa shape index (κ3) is 5.61. The van der Waals surface area contributed by atoms with E-state index < -0.39 is 0 Å². The number of carbonyl (C=O) groups is 2. The Morgan fingerprint density at radius 3 is 2.47 bits per heavy atom. The van der Waals surface area contributed by atoms with Crippen LogP contribution in [-0.2, 0) is 11.3 Å². The number of hydrogen-bond acceptors (Lipinski definition) is 4. The molecule has 5 rings (SSSR count). The van der Waals surface area contributed by atoms with E-state index in [4.69, 9.17) is 0 Å². The van der Waals surface area contributed by atoms with E-state index in [-0.39, 0.29) is 17.2 Å². The lowest BCUT2D eigenvalue weighted by Crippen LogP contribution is -2.27. The number of rotatable bonds is 7. The van der Waals surface area contributed by atoms with Gasteiger partial charge in [0.05, 0.1) is 12.0 Å². The molecule has 2 heterocycles. The Bertz CT molecular complexity index is 1480. The van der Waals surface area contributed by atoms with E-state index in [1.807, 2.05) is 79.4 Å².